The molecule has 1 radical (unpaired) electrons. The van der Waals surface area contributed by atoms with Crippen LogP contribution in [0.4, 0.5) is 0 Å². The molecule has 0 aromatic heterocycles. The Morgan fingerprint density at radius 2 is 1.17 bits per heavy atom. The van der Waals surface area contributed by atoms with Crippen molar-refractivity contribution in [2.45, 2.75) is 55.4 Å². The number of rotatable bonds is 2. The van der Waals surface area contributed by atoms with Crippen LogP contribution in [0.25, 0.3) is 0 Å². The molecule has 0 aromatic carbocycles. The molecule has 0 heterocycles. The minimum Gasteiger partial charge on any atom is -0.358 e. The van der Waals surface area contributed by atoms with Crippen LogP contribution in [-0.2, 0) is 32.7 Å². The Morgan fingerprint density at radius 3 is 1.17 bits per heavy atom. The van der Waals surface area contributed by atoms with Gasteiger partial charge in [0.15, 0.2) is 0 Å². The van der Waals surface area contributed by atoms with E-state index in [1.165, 1.54) is 12.8 Å². The average molecular weight is 251 g/mol. The van der Waals surface area contributed by atoms with E-state index >= 15 is 0 Å². The first-order chi connectivity index (χ1) is 3.81. The van der Waals surface area contributed by atoms with Crippen molar-refractivity contribution in [3.8, 4) is 0 Å². The molecule has 12 heavy (non-hydrogen) atoms. The van der Waals surface area contributed by atoms with Gasteiger partial charge in [-0.25, -0.2) is 0 Å². The molecule has 0 spiro atoms. The van der Waals surface area contributed by atoms with Crippen LogP contribution in [0, 0.1) is 20.3 Å². The molecule has 0 aliphatic rings. The Bertz CT molecular complexity index is 24.2. The van der Waals surface area contributed by atoms with Crippen LogP contribution in [0.2, 0.25) is 0 Å². The fourth-order valence-corrected chi connectivity index (χ4v) is 0.289. The summed E-state index contributed by atoms with van der Waals surface area (Å²) in [4.78, 5) is 0. The molecule has 0 saturated heterocycles. The van der Waals surface area contributed by atoms with E-state index in [2.05, 4.69) is 27.7 Å². The van der Waals surface area contributed by atoms with Crippen LogP contribution in [0.5, 0.6) is 0 Å². The van der Waals surface area contributed by atoms with Gasteiger partial charge in [0, 0.05) is 32.7 Å². The van der Waals surface area contributed by atoms with Crippen molar-refractivity contribution < 1.29 is 32.7 Å². The Labute approximate surface area is 108 Å². The first kappa shape index (κ1) is 38.0. The zero-order valence-corrected chi connectivity index (χ0v) is 11.1. The fraction of sp³-hybridized carbons (Fsp3) is 0.818. The van der Waals surface area contributed by atoms with Gasteiger partial charge in [0.2, 0.25) is 0 Å². The maximum absolute atomic E-state index is 3.25. The molecule has 0 saturated carbocycles. The van der Waals surface area contributed by atoms with Crippen molar-refractivity contribution in [2.24, 2.45) is 5.92 Å². The molecule has 0 aliphatic carbocycles. The van der Waals surface area contributed by atoms with E-state index in [-0.39, 0.29) is 55.0 Å². The molecule has 0 N–H and O–H groups in total. The maximum Gasteiger partial charge on any atom is 0 e. The van der Waals surface area contributed by atoms with E-state index in [1.807, 2.05) is 0 Å². The first-order valence-corrected chi connectivity index (χ1v) is 3.52. The van der Waals surface area contributed by atoms with Gasteiger partial charge in [0.25, 0.3) is 0 Å². The molecule has 0 fully saturated rings. The molecule has 0 aromatic rings. The predicted molar refractivity (Wildman–Crippen MR) is 60.7 cm³/mol. The van der Waals surface area contributed by atoms with E-state index in [1.54, 1.807) is 6.92 Å². The SMILES string of the molecule is C.C.CCC(C)CC.[CH2-]C.[CH3-].[Y]. The fourth-order valence-electron chi connectivity index (χ4n) is 0.289. The minimum atomic E-state index is 0. The zero-order chi connectivity index (χ0) is 6.99. The summed E-state index contributed by atoms with van der Waals surface area (Å²) in [6.07, 6.45) is 2.66. The molecule has 0 unspecified atom stereocenters. The quantitative estimate of drug-likeness (QED) is 0.605. The Morgan fingerprint density at radius 1 is 1.00 bits per heavy atom. The molecular formula is C11H30Y-2. The van der Waals surface area contributed by atoms with Crippen LogP contribution in [0.3, 0.4) is 0 Å². The molecule has 0 amide bonds. The van der Waals surface area contributed by atoms with Gasteiger partial charge < -0.3 is 14.4 Å². The van der Waals surface area contributed by atoms with Crippen LogP contribution >= 0.6 is 0 Å². The van der Waals surface area contributed by atoms with Crippen molar-refractivity contribution in [1.29, 1.82) is 0 Å². The maximum atomic E-state index is 3.25. The Kier molecular flexibility index (Phi) is 127. The summed E-state index contributed by atoms with van der Waals surface area (Å²) in [7, 11) is 0. The van der Waals surface area contributed by atoms with E-state index in [0.717, 1.165) is 5.92 Å². The number of hydrogen-bond donors (Lipinski definition) is 0. The summed E-state index contributed by atoms with van der Waals surface area (Å²) in [5.41, 5.74) is 0. The van der Waals surface area contributed by atoms with Crippen molar-refractivity contribution in [2.75, 3.05) is 0 Å². The van der Waals surface area contributed by atoms with Crippen LogP contribution in [0.1, 0.15) is 55.4 Å². The second kappa shape index (κ2) is 40.1. The largest absolute Gasteiger partial charge is 0.358 e. The number of hydrogen-bond acceptors (Lipinski definition) is 0. The monoisotopic (exact) mass is 251 g/mol. The first-order valence-electron chi connectivity index (χ1n) is 3.52. The third-order valence-corrected chi connectivity index (χ3v) is 1.39. The van der Waals surface area contributed by atoms with Gasteiger partial charge >= 0.3 is 0 Å². The molecule has 0 aliphatic heterocycles. The average Bonchev–Trinajstić information content (AvgIpc) is 1.91. The van der Waals surface area contributed by atoms with E-state index in [9.17, 15) is 0 Å². The third-order valence-electron chi connectivity index (χ3n) is 1.39. The van der Waals surface area contributed by atoms with Crippen LogP contribution < -0.4 is 0 Å². The molecule has 1 heteroatoms. The summed E-state index contributed by atoms with van der Waals surface area (Å²) in [5.74, 6) is 0.935. The summed E-state index contributed by atoms with van der Waals surface area (Å²) in [6, 6.07) is 0. The van der Waals surface area contributed by atoms with E-state index in [4.69, 9.17) is 0 Å². The summed E-state index contributed by atoms with van der Waals surface area (Å²) < 4.78 is 0. The Balaban J connectivity index is -0.0000000140. The molecule has 0 bridgehead atoms. The topological polar surface area (TPSA) is 0 Å². The predicted octanol–water partition coefficient (Wildman–Crippen LogP) is 5.00. The normalized spacial score (nSPS) is 5.50. The van der Waals surface area contributed by atoms with Crippen molar-refractivity contribution in [3.63, 3.8) is 0 Å². The van der Waals surface area contributed by atoms with Crippen LogP contribution in [-0.4, -0.2) is 0 Å². The third kappa shape index (κ3) is 43.5. The van der Waals surface area contributed by atoms with Gasteiger partial charge in [0.1, 0.15) is 0 Å². The van der Waals surface area contributed by atoms with E-state index < -0.39 is 0 Å². The second-order valence-electron chi connectivity index (χ2n) is 1.92. The smallest absolute Gasteiger partial charge is 0 e. The second-order valence-corrected chi connectivity index (χ2v) is 1.92. The van der Waals surface area contributed by atoms with Crippen molar-refractivity contribution in [3.05, 3.63) is 14.4 Å². The molecule has 0 nitrogen and oxygen atoms in total. The summed E-state index contributed by atoms with van der Waals surface area (Å²) in [5, 5.41) is 0. The van der Waals surface area contributed by atoms with Crippen molar-refractivity contribution >= 4 is 0 Å². The van der Waals surface area contributed by atoms with Gasteiger partial charge in [-0.05, 0) is 5.92 Å². The molecule has 79 valence electrons. The van der Waals surface area contributed by atoms with Gasteiger partial charge in [-0.2, -0.15) is 6.92 Å². The van der Waals surface area contributed by atoms with Gasteiger partial charge in [-0.1, -0.05) is 48.5 Å². The van der Waals surface area contributed by atoms with Gasteiger partial charge in [-0.3, -0.25) is 0 Å². The van der Waals surface area contributed by atoms with Gasteiger partial charge in [-0.15, -0.1) is 0 Å². The zero-order valence-electron chi connectivity index (χ0n) is 8.28. The Hall–Kier alpha value is 1.10. The standard InChI is InChI=1S/C6H14.C2H5.2CH4.CH3.Y/c1-4-6(3)5-2;1-2;;;;/h6H,4-5H2,1-3H3;1H2,2H3;2*1H4;1H3;/q;-1;;;-1;. The van der Waals surface area contributed by atoms with Gasteiger partial charge in [0.05, 0.1) is 0 Å². The molecule has 0 atom stereocenters. The molecule has 0 rings (SSSR count). The van der Waals surface area contributed by atoms with Crippen LogP contribution in [0.15, 0.2) is 0 Å². The van der Waals surface area contributed by atoms with E-state index in [0.29, 0.717) is 0 Å². The molecular weight excluding hydrogens is 221 g/mol. The minimum absolute atomic E-state index is 0. The summed E-state index contributed by atoms with van der Waals surface area (Å²) >= 11 is 0. The summed E-state index contributed by atoms with van der Waals surface area (Å²) in [6.45, 7) is 11.7. The van der Waals surface area contributed by atoms with Crippen molar-refractivity contribution in [1.82, 2.24) is 0 Å².